The molecule has 0 atom stereocenters. The molecule has 8 heteroatoms. The van der Waals surface area contributed by atoms with Crippen LogP contribution in [0.4, 0.5) is 17.2 Å². The van der Waals surface area contributed by atoms with Crippen molar-refractivity contribution >= 4 is 23.2 Å². The molecule has 0 bridgehead atoms. The second-order valence-corrected chi connectivity index (χ2v) is 2.38. The number of rotatable bonds is 2. The van der Waals surface area contributed by atoms with Gasteiger partial charge in [-0.05, 0) is 0 Å². The summed E-state index contributed by atoms with van der Waals surface area (Å²) in [6, 6.07) is 0. The zero-order chi connectivity index (χ0) is 10.9. The predicted molar refractivity (Wildman–Crippen MR) is 46.7 cm³/mol. The summed E-state index contributed by atoms with van der Waals surface area (Å²) < 4.78 is 0. The van der Waals surface area contributed by atoms with Crippen molar-refractivity contribution < 1.29 is 14.8 Å². The molecule has 0 aliphatic carbocycles. The molecule has 0 aliphatic rings. The van der Waals surface area contributed by atoms with Crippen molar-refractivity contribution in [2.24, 2.45) is 0 Å². The van der Waals surface area contributed by atoms with Crippen molar-refractivity contribution in [3.8, 4) is 0 Å². The number of pyridine rings is 1. The summed E-state index contributed by atoms with van der Waals surface area (Å²) in [6.45, 7) is 0. The zero-order valence-corrected chi connectivity index (χ0v) is 6.80. The van der Waals surface area contributed by atoms with Crippen LogP contribution in [-0.4, -0.2) is 21.0 Å². The minimum absolute atomic E-state index is 0.405. The number of nitro groups is 1. The van der Waals surface area contributed by atoms with Gasteiger partial charge < -0.3 is 16.6 Å². The highest BCUT2D eigenvalue weighted by Crippen LogP contribution is 2.29. The lowest BCUT2D eigenvalue weighted by atomic mass is 10.2. The van der Waals surface area contributed by atoms with Gasteiger partial charge in [-0.3, -0.25) is 10.1 Å². The number of hydrogen-bond acceptors (Lipinski definition) is 6. The second-order valence-electron chi connectivity index (χ2n) is 2.38. The van der Waals surface area contributed by atoms with Crippen molar-refractivity contribution in [3.05, 3.63) is 21.9 Å². The quantitative estimate of drug-likeness (QED) is 0.442. The van der Waals surface area contributed by atoms with Gasteiger partial charge in [0.15, 0.2) is 0 Å². The zero-order valence-electron chi connectivity index (χ0n) is 6.80. The van der Waals surface area contributed by atoms with E-state index in [2.05, 4.69) is 4.98 Å². The van der Waals surface area contributed by atoms with E-state index in [0.29, 0.717) is 0 Å². The summed E-state index contributed by atoms with van der Waals surface area (Å²) in [6.07, 6.45) is 0.875. The normalized spacial score (nSPS) is 9.71. The number of carboxylic acid groups (broad SMARTS) is 1. The molecule has 1 aromatic heterocycles. The van der Waals surface area contributed by atoms with Crippen LogP contribution < -0.4 is 11.5 Å². The molecule has 74 valence electrons. The average molecular weight is 198 g/mol. The number of nitrogen functional groups attached to an aromatic ring is 2. The van der Waals surface area contributed by atoms with Gasteiger partial charge in [-0.1, -0.05) is 0 Å². The molecule has 0 amide bonds. The first-order chi connectivity index (χ1) is 6.45. The van der Waals surface area contributed by atoms with Gasteiger partial charge in [0, 0.05) is 6.20 Å². The van der Waals surface area contributed by atoms with Crippen LogP contribution in [0.3, 0.4) is 0 Å². The lowest BCUT2D eigenvalue weighted by molar-refractivity contribution is -0.383. The first-order valence-corrected chi connectivity index (χ1v) is 3.36. The summed E-state index contributed by atoms with van der Waals surface area (Å²) in [4.78, 5) is 23.4. The molecule has 14 heavy (non-hydrogen) atoms. The first-order valence-electron chi connectivity index (χ1n) is 3.36. The number of nitrogens with zero attached hydrogens (tertiary/aromatic N) is 2. The maximum Gasteiger partial charge on any atom is 0.339 e. The second kappa shape index (κ2) is 3.17. The van der Waals surface area contributed by atoms with E-state index in [4.69, 9.17) is 16.6 Å². The smallest absolute Gasteiger partial charge is 0.339 e. The van der Waals surface area contributed by atoms with Crippen LogP contribution in [0.15, 0.2) is 6.20 Å². The van der Waals surface area contributed by atoms with Gasteiger partial charge in [-0.2, -0.15) is 0 Å². The molecule has 0 saturated carbocycles. The van der Waals surface area contributed by atoms with Gasteiger partial charge in [-0.15, -0.1) is 0 Å². The Hall–Kier alpha value is -2.38. The van der Waals surface area contributed by atoms with E-state index in [1.54, 1.807) is 0 Å². The van der Waals surface area contributed by atoms with Crippen LogP contribution in [-0.2, 0) is 0 Å². The molecule has 1 heterocycles. The van der Waals surface area contributed by atoms with Crippen molar-refractivity contribution in [3.63, 3.8) is 0 Å². The van der Waals surface area contributed by atoms with Gasteiger partial charge in [-0.25, -0.2) is 9.78 Å². The Kier molecular flexibility index (Phi) is 2.19. The van der Waals surface area contributed by atoms with Crippen LogP contribution in [0.2, 0.25) is 0 Å². The SMILES string of the molecule is Nc1ncc(C(=O)O)c(N)c1[N+](=O)[O-]. The number of nitrogens with two attached hydrogens (primary N) is 2. The molecule has 8 nitrogen and oxygen atoms in total. The molecule has 1 rings (SSSR count). The number of carbonyl (C=O) groups is 1. The molecular formula is C6H6N4O4. The largest absolute Gasteiger partial charge is 0.478 e. The fraction of sp³-hybridized carbons (Fsp3) is 0. The van der Waals surface area contributed by atoms with Crippen molar-refractivity contribution in [1.29, 1.82) is 0 Å². The summed E-state index contributed by atoms with van der Waals surface area (Å²) >= 11 is 0. The lowest BCUT2D eigenvalue weighted by Crippen LogP contribution is -2.09. The summed E-state index contributed by atoms with van der Waals surface area (Å²) in [5.74, 6) is -1.80. The van der Waals surface area contributed by atoms with Gasteiger partial charge >= 0.3 is 11.7 Å². The Balaban J connectivity index is 3.49. The Bertz CT molecular complexity index is 417. The van der Waals surface area contributed by atoms with E-state index in [9.17, 15) is 14.9 Å². The Morgan fingerprint density at radius 1 is 1.57 bits per heavy atom. The average Bonchev–Trinajstić information content (AvgIpc) is 2.02. The number of aromatic carboxylic acids is 1. The van der Waals surface area contributed by atoms with Gasteiger partial charge in [0.1, 0.15) is 11.3 Å². The van der Waals surface area contributed by atoms with Crippen LogP contribution in [0, 0.1) is 10.1 Å². The number of carboxylic acids is 1. The Labute approximate surface area is 77.3 Å². The van der Waals surface area contributed by atoms with Gasteiger partial charge in [0.25, 0.3) is 0 Å². The summed E-state index contributed by atoms with van der Waals surface area (Å²) in [5, 5.41) is 19.0. The number of aromatic nitrogens is 1. The minimum Gasteiger partial charge on any atom is -0.478 e. The van der Waals surface area contributed by atoms with E-state index in [0.717, 1.165) is 6.20 Å². The standard InChI is InChI=1S/C6H6N4O4/c7-3-2(6(11)12)1-9-5(8)4(3)10(13)14/h1H,(H,11,12)(H4,7,8,9). The minimum atomic E-state index is -1.39. The molecule has 0 aliphatic heterocycles. The topological polar surface area (TPSA) is 145 Å². The van der Waals surface area contributed by atoms with Crippen molar-refractivity contribution in [2.45, 2.75) is 0 Å². The number of anilines is 2. The third-order valence-electron chi connectivity index (χ3n) is 1.53. The molecule has 5 N–H and O–H groups in total. The van der Waals surface area contributed by atoms with Crippen LogP contribution >= 0.6 is 0 Å². The molecule has 1 aromatic rings. The predicted octanol–water partition coefficient (Wildman–Crippen LogP) is -0.148. The van der Waals surface area contributed by atoms with Gasteiger partial charge in [0.2, 0.25) is 5.82 Å². The van der Waals surface area contributed by atoms with E-state index < -0.39 is 33.6 Å². The molecular weight excluding hydrogens is 192 g/mol. The summed E-state index contributed by atoms with van der Waals surface area (Å²) in [5.41, 5.74) is 8.80. The first kappa shape index (κ1) is 9.71. The molecule has 0 spiro atoms. The van der Waals surface area contributed by atoms with E-state index in [1.807, 2.05) is 0 Å². The maximum atomic E-state index is 10.5. The van der Waals surface area contributed by atoms with E-state index in [1.165, 1.54) is 0 Å². The Morgan fingerprint density at radius 3 is 2.57 bits per heavy atom. The molecule has 0 fully saturated rings. The third kappa shape index (κ3) is 1.40. The molecule has 0 radical (unpaired) electrons. The fourth-order valence-corrected chi connectivity index (χ4v) is 0.893. The van der Waals surface area contributed by atoms with Crippen LogP contribution in [0.5, 0.6) is 0 Å². The third-order valence-corrected chi connectivity index (χ3v) is 1.53. The number of hydrogen-bond donors (Lipinski definition) is 3. The summed E-state index contributed by atoms with van der Waals surface area (Å²) in [7, 11) is 0. The molecule has 0 unspecified atom stereocenters. The van der Waals surface area contributed by atoms with Crippen molar-refractivity contribution in [2.75, 3.05) is 11.5 Å². The highest BCUT2D eigenvalue weighted by atomic mass is 16.6. The van der Waals surface area contributed by atoms with E-state index in [-0.39, 0.29) is 0 Å². The lowest BCUT2D eigenvalue weighted by Gasteiger charge is -2.02. The highest BCUT2D eigenvalue weighted by molar-refractivity contribution is 5.97. The Morgan fingerprint density at radius 2 is 2.14 bits per heavy atom. The fourth-order valence-electron chi connectivity index (χ4n) is 0.893. The maximum absolute atomic E-state index is 10.5. The van der Waals surface area contributed by atoms with Gasteiger partial charge in [0.05, 0.1) is 4.92 Å². The monoisotopic (exact) mass is 198 g/mol. The molecule has 0 saturated heterocycles. The highest BCUT2D eigenvalue weighted by Gasteiger charge is 2.23. The van der Waals surface area contributed by atoms with E-state index >= 15 is 0 Å². The molecule has 0 aromatic carbocycles. The van der Waals surface area contributed by atoms with Crippen LogP contribution in [0.25, 0.3) is 0 Å². The van der Waals surface area contributed by atoms with Crippen molar-refractivity contribution in [1.82, 2.24) is 4.98 Å². The van der Waals surface area contributed by atoms with Crippen LogP contribution in [0.1, 0.15) is 10.4 Å².